The summed E-state index contributed by atoms with van der Waals surface area (Å²) in [5.41, 5.74) is 0.549. The van der Waals surface area contributed by atoms with Crippen LogP contribution in [-0.4, -0.2) is 46.5 Å². The van der Waals surface area contributed by atoms with E-state index in [0.29, 0.717) is 6.54 Å². The summed E-state index contributed by atoms with van der Waals surface area (Å²) < 4.78 is 5.44. The molecule has 0 saturated heterocycles. The van der Waals surface area contributed by atoms with Crippen molar-refractivity contribution in [1.29, 1.82) is 0 Å². The van der Waals surface area contributed by atoms with E-state index in [1.807, 2.05) is 65.8 Å². The smallest absolute Gasteiger partial charge is 0.408 e. The Hall–Kier alpha value is -2.57. The van der Waals surface area contributed by atoms with E-state index < -0.39 is 29.3 Å². The molecule has 0 aliphatic rings. The molecule has 3 amide bonds. The second-order valence-electron chi connectivity index (χ2n) is 12.0. The number of amides is 3. The Bertz CT molecular complexity index is 868. The van der Waals surface area contributed by atoms with Crippen LogP contribution in [0.3, 0.4) is 0 Å². The molecule has 0 radical (unpaired) electrons. The number of rotatable bonds is 11. The maximum absolute atomic E-state index is 14.1. The predicted molar refractivity (Wildman–Crippen MR) is 146 cm³/mol. The van der Waals surface area contributed by atoms with Gasteiger partial charge in [-0.15, -0.1) is 0 Å². The van der Waals surface area contributed by atoms with E-state index in [4.69, 9.17) is 4.74 Å². The number of carbonyl (C=O) groups excluding carboxylic acids is 3. The van der Waals surface area contributed by atoms with Crippen LogP contribution in [0.2, 0.25) is 0 Å². The molecule has 1 aromatic rings. The van der Waals surface area contributed by atoms with Crippen molar-refractivity contribution in [2.45, 2.75) is 118 Å². The van der Waals surface area contributed by atoms with Crippen molar-refractivity contribution < 1.29 is 19.1 Å². The fraction of sp³-hybridized carbons (Fsp3) is 0.690. The first-order valence-electron chi connectivity index (χ1n) is 13.2. The van der Waals surface area contributed by atoms with Crippen LogP contribution in [0, 0.1) is 12.8 Å². The molecular weight excluding hydrogens is 454 g/mol. The topological polar surface area (TPSA) is 87.7 Å². The van der Waals surface area contributed by atoms with Gasteiger partial charge in [0.2, 0.25) is 11.8 Å². The predicted octanol–water partition coefficient (Wildman–Crippen LogP) is 5.91. The van der Waals surface area contributed by atoms with Crippen molar-refractivity contribution in [3.63, 3.8) is 0 Å². The zero-order valence-electron chi connectivity index (χ0n) is 24.2. The van der Waals surface area contributed by atoms with Crippen LogP contribution < -0.4 is 10.6 Å². The second kappa shape index (κ2) is 13.7. The highest BCUT2D eigenvalue weighted by Crippen LogP contribution is 2.28. The van der Waals surface area contributed by atoms with Gasteiger partial charge in [-0.3, -0.25) is 9.59 Å². The number of hydrogen-bond donors (Lipinski definition) is 2. The minimum atomic E-state index is -0.833. The molecule has 36 heavy (non-hydrogen) atoms. The van der Waals surface area contributed by atoms with E-state index in [1.165, 1.54) is 0 Å². The molecule has 2 unspecified atom stereocenters. The van der Waals surface area contributed by atoms with Crippen molar-refractivity contribution in [2.24, 2.45) is 5.92 Å². The molecule has 0 spiro atoms. The number of hydrogen-bond acceptors (Lipinski definition) is 4. The maximum Gasteiger partial charge on any atom is 0.408 e. The molecule has 204 valence electrons. The largest absolute Gasteiger partial charge is 0.444 e. The number of unbranched alkanes of at least 4 members (excludes halogenated alkanes) is 3. The number of alkyl carbamates (subject to hydrolysis) is 1. The molecule has 0 aromatic heterocycles. The van der Waals surface area contributed by atoms with E-state index in [-0.39, 0.29) is 17.7 Å². The zero-order chi connectivity index (χ0) is 27.7. The molecule has 2 atom stereocenters. The molecular formula is C29H49N3O4. The van der Waals surface area contributed by atoms with Gasteiger partial charge in [0.25, 0.3) is 0 Å². The third-order valence-electron chi connectivity index (χ3n) is 5.68. The summed E-state index contributed by atoms with van der Waals surface area (Å²) in [6.07, 6.45) is 3.19. The normalized spacial score (nSPS) is 13.6. The minimum Gasteiger partial charge on any atom is -0.444 e. The van der Waals surface area contributed by atoms with Gasteiger partial charge in [-0.05, 0) is 71.9 Å². The number of benzene rings is 1. The molecule has 0 aliphatic carbocycles. The van der Waals surface area contributed by atoms with Crippen LogP contribution in [0.4, 0.5) is 4.79 Å². The number of carbonyl (C=O) groups is 3. The van der Waals surface area contributed by atoms with Crippen molar-refractivity contribution >= 4 is 17.9 Å². The van der Waals surface area contributed by atoms with Crippen molar-refractivity contribution in [3.8, 4) is 0 Å². The number of nitrogens with zero attached hydrogens (tertiary/aromatic N) is 1. The van der Waals surface area contributed by atoms with Crippen molar-refractivity contribution in [2.75, 3.05) is 6.54 Å². The second-order valence-corrected chi connectivity index (χ2v) is 12.0. The molecule has 0 heterocycles. The highest BCUT2D eigenvalue weighted by atomic mass is 16.6. The fourth-order valence-electron chi connectivity index (χ4n) is 3.98. The summed E-state index contributed by atoms with van der Waals surface area (Å²) in [6.45, 7) is 19.4. The summed E-state index contributed by atoms with van der Waals surface area (Å²) in [7, 11) is 0. The Balaban J connectivity index is 3.51. The van der Waals surface area contributed by atoms with Gasteiger partial charge in [-0.2, -0.15) is 0 Å². The Labute approximate surface area is 218 Å². The van der Waals surface area contributed by atoms with Crippen LogP contribution in [0.15, 0.2) is 24.3 Å². The van der Waals surface area contributed by atoms with Crippen LogP contribution >= 0.6 is 0 Å². The van der Waals surface area contributed by atoms with Crippen LogP contribution in [0.1, 0.15) is 105 Å². The first kappa shape index (κ1) is 31.5. The lowest BCUT2D eigenvalue weighted by Gasteiger charge is -2.37. The molecule has 1 aromatic carbocycles. The highest BCUT2D eigenvalue weighted by Gasteiger charge is 2.38. The zero-order valence-corrected chi connectivity index (χ0v) is 24.2. The van der Waals surface area contributed by atoms with Gasteiger partial charge in [0.15, 0.2) is 0 Å². The van der Waals surface area contributed by atoms with Gasteiger partial charge in [0.05, 0.1) is 0 Å². The molecule has 7 nitrogen and oxygen atoms in total. The summed E-state index contributed by atoms with van der Waals surface area (Å²) >= 11 is 0. The van der Waals surface area contributed by atoms with Gasteiger partial charge in [0, 0.05) is 12.1 Å². The lowest BCUT2D eigenvalue weighted by molar-refractivity contribution is -0.144. The first-order chi connectivity index (χ1) is 16.6. The number of nitrogens with one attached hydrogen (secondary N) is 2. The number of ether oxygens (including phenoxy) is 1. The minimum absolute atomic E-state index is 0.202. The van der Waals surface area contributed by atoms with E-state index in [9.17, 15) is 14.4 Å². The maximum atomic E-state index is 14.1. The summed E-state index contributed by atoms with van der Waals surface area (Å²) in [5, 5.41) is 5.86. The Morgan fingerprint density at radius 3 is 2.08 bits per heavy atom. The lowest BCUT2D eigenvalue weighted by Crippen LogP contribution is -2.56. The summed E-state index contributed by atoms with van der Waals surface area (Å²) in [5.74, 6) is -0.726. The summed E-state index contributed by atoms with van der Waals surface area (Å²) in [6, 6.07) is 6.01. The van der Waals surface area contributed by atoms with E-state index in [0.717, 1.165) is 36.8 Å². The van der Waals surface area contributed by atoms with Gasteiger partial charge in [0.1, 0.15) is 17.7 Å². The quantitative estimate of drug-likeness (QED) is 0.368. The molecule has 0 saturated carbocycles. The van der Waals surface area contributed by atoms with Crippen LogP contribution in [0.25, 0.3) is 0 Å². The summed E-state index contributed by atoms with van der Waals surface area (Å²) in [4.78, 5) is 42.1. The Morgan fingerprint density at radius 2 is 1.58 bits per heavy atom. The van der Waals surface area contributed by atoms with Crippen LogP contribution in [0.5, 0.6) is 0 Å². The average Bonchev–Trinajstić information content (AvgIpc) is 2.72. The molecule has 1 rings (SSSR count). The molecule has 7 heteroatoms. The molecule has 0 aliphatic heterocycles. The average molecular weight is 504 g/mol. The van der Waals surface area contributed by atoms with E-state index in [1.54, 1.807) is 25.7 Å². The lowest BCUT2D eigenvalue weighted by atomic mass is 9.95. The van der Waals surface area contributed by atoms with Gasteiger partial charge in [-0.1, -0.05) is 64.3 Å². The van der Waals surface area contributed by atoms with Gasteiger partial charge >= 0.3 is 6.09 Å². The van der Waals surface area contributed by atoms with Crippen molar-refractivity contribution in [1.82, 2.24) is 15.5 Å². The first-order valence-corrected chi connectivity index (χ1v) is 13.2. The molecule has 0 bridgehead atoms. The van der Waals surface area contributed by atoms with E-state index >= 15 is 0 Å². The molecule has 2 N–H and O–H groups in total. The fourth-order valence-corrected chi connectivity index (χ4v) is 3.98. The molecule has 0 fully saturated rings. The van der Waals surface area contributed by atoms with Gasteiger partial charge in [-0.25, -0.2) is 4.79 Å². The van der Waals surface area contributed by atoms with Gasteiger partial charge < -0.3 is 20.3 Å². The van der Waals surface area contributed by atoms with E-state index in [2.05, 4.69) is 17.6 Å². The van der Waals surface area contributed by atoms with Crippen LogP contribution in [-0.2, 0) is 14.3 Å². The number of aryl methyl sites for hydroxylation is 1. The third kappa shape index (κ3) is 10.6. The Morgan fingerprint density at radius 1 is 0.972 bits per heavy atom. The third-order valence-corrected chi connectivity index (χ3v) is 5.68. The SMILES string of the molecule is CCCCCCN(C(=O)C(NC(=O)OC(C)(C)C)C(C)C)C(C(=O)NC(C)(C)C)c1ccccc1C. The van der Waals surface area contributed by atoms with Crippen molar-refractivity contribution in [3.05, 3.63) is 35.4 Å². The standard InChI is InChI=1S/C29H49N3O4/c1-11-12-13-16-19-32(26(34)23(20(2)3)30-27(35)36-29(8,9)10)24(25(33)31-28(5,6)7)22-18-15-14-17-21(22)4/h14-15,17-18,20,23-24H,11-13,16,19H2,1-10H3,(H,30,35)(H,31,33). The monoisotopic (exact) mass is 503 g/mol. The highest BCUT2D eigenvalue weighted by molar-refractivity contribution is 5.92. The Kier molecular flexibility index (Phi) is 11.9.